The van der Waals surface area contributed by atoms with E-state index in [0.29, 0.717) is 38.7 Å². The molecule has 186 valence electrons. The molecule has 2 aliphatic heterocycles. The molecular formula is C34H16N2O4. The fraction of sp³-hybridized carbons (Fsp3) is 0. The molecule has 0 fully saturated rings. The Morgan fingerprint density at radius 3 is 1.48 bits per heavy atom. The molecule has 0 saturated heterocycles. The first-order chi connectivity index (χ1) is 19.5. The van der Waals surface area contributed by atoms with E-state index in [4.69, 9.17) is 0 Å². The Balaban J connectivity index is 1.36. The lowest BCUT2D eigenvalue weighted by Crippen LogP contribution is -2.40. The highest BCUT2D eigenvalue weighted by Gasteiger charge is 2.36. The van der Waals surface area contributed by atoms with Gasteiger partial charge in [0.15, 0.2) is 0 Å². The van der Waals surface area contributed by atoms with Gasteiger partial charge in [-0.2, -0.15) is 0 Å². The summed E-state index contributed by atoms with van der Waals surface area (Å²) >= 11 is 0. The highest BCUT2D eigenvalue weighted by Crippen LogP contribution is 2.46. The number of fused-ring (bicyclic) bond motifs is 3. The van der Waals surface area contributed by atoms with Crippen molar-refractivity contribution in [2.24, 2.45) is 0 Å². The van der Waals surface area contributed by atoms with Gasteiger partial charge >= 0.3 is 0 Å². The SMILES string of the molecule is O=C1NC(=O)c2ccc3c4ccc5c6c(ccc(c7ccc1c2c73)c64)C(=O)N(c1ccc2ccccc2c1)C5=O. The number of carbonyl (C=O) groups is 4. The molecule has 0 bridgehead atoms. The molecule has 0 aromatic heterocycles. The van der Waals surface area contributed by atoms with Crippen LogP contribution in [-0.2, 0) is 0 Å². The second-order valence-electron chi connectivity index (χ2n) is 10.4. The second kappa shape index (κ2) is 7.07. The van der Waals surface area contributed by atoms with Gasteiger partial charge in [0.2, 0.25) is 0 Å². The monoisotopic (exact) mass is 516 g/mol. The Labute approximate surface area is 225 Å². The number of benzene rings is 7. The second-order valence-corrected chi connectivity index (χ2v) is 10.4. The summed E-state index contributed by atoms with van der Waals surface area (Å²) in [7, 11) is 0. The molecule has 9 rings (SSSR count). The number of carbonyl (C=O) groups excluding carboxylic acids is 4. The van der Waals surface area contributed by atoms with Gasteiger partial charge in [-0.25, -0.2) is 4.90 Å². The molecule has 0 radical (unpaired) electrons. The maximum Gasteiger partial charge on any atom is 0.265 e. The maximum absolute atomic E-state index is 13.9. The quantitative estimate of drug-likeness (QED) is 0.152. The number of amides is 4. The fourth-order valence-electron chi connectivity index (χ4n) is 6.74. The molecule has 0 saturated carbocycles. The maximum atomic E-state index is 13.9. The van der Waals surface area contributed by atoms with Gasteiger partial charge in [-0.1, -0.05) is 54.6 Å². The number of anilines is 1. The predicted molar refractivity (Wildman–Crippen MR) is 155 cm³/mol. The Morgan fingerprint density at radius 2 is 0.925 bits per heavy atom. The first kappa shape index (κ1) is 21.3. The molecule has 0 atom stereocenters. The molecule has 4 amide bonds. The third kappa shape index (κ3) is 2.44. The molecular weight excluding hydrogens is 500 g/mol. The van der Waals surface area contributed by atoms with Gasteiger partial charge in [0.25, 0.3) is 23.6 Å². The van der Waals surface area contributed by atoms with Crippen LogP contribution < -0.4 is 10.2 Å². The number of hydrogen-bond donors (Lipinski definition) is 1. The van der Waals surface area contributed by atoms with E-state index >= 15 is 0 Å². The van der Waals surface area contributed by atoms with Crippen molar-refractivity contribution >= 4 is 83.2 Å². The van der Waals surface area contributed by atoms with Crippen LogP contribution in [0.1, 0.15) is 41.4 Å². The van der Waals surface area contributed by atoms with Crippen LogP contribution in [0.5, 0.6) is 0 Å². The van der Waals surface area contributed by atoms with Gasteiger partial charge < -0.3 is 0 Å². The average Bonchev–Trinajstić information content (AvgIpc) is 2.98. The third-order valence-electron chi connectivity index (χ3n) is 8.48. The molecule has 7 aromatic carbocycles. The van der Waals surface area contributed by atoms with Crippen molar-refractivity contribution in [3.63, 3.8) is 0 Å². The van der Waals surface area contributed by atoms with Crippen molar-refractivity contribution in [2.75, 3.05) is 4.90 Å². The van der Waals surface area contributed by atoms with Crippen LogP contribution in [0.3, 0.4) is 0 Å². The van der Waals surface area contributed by atoms with E-state index in [1.54, 1.807) is 30.3 Å². The van der Waals surface area contributed by atoms with Crippen molar-refractivity contribution in [1.29, 1.82) is 0 Å². The van der Waals surface area contributed by atoms with Crippen molar-refractivity contribution < 1.29 is 19.2 Å². The number of hydrogen-bond acceptors (Lipinski definition) is 4. The lowest BCUT2D eigenvalue weighted by Gasteiger charge is -2.29. The summed E-state index contributed by atoms with van der Waals surface area (Å²) < 4.78 is 0. The number of imide groups is 2. The van der Waals surface area contributed by atoms with Crippen molar-refractivity contribution in [2.45, 2.75) is 0 Å². The third-order valence-corrected chi connectivity index (χ3v) is 8.48. The van der Waals surface area contributed by atoms with Crippen molar-refractivity contribution in [3.05, 3.63) is 113 Å². The highest BCUT2D eigenvalue weighted by atomic mass is 16.2. The Bertz CT molecular complexity index is 2270. The summed E-state index contributed by atoms with van der Waals surface area (Å²) in [5.74, 6) is -1.56. The Morgan fingerprint density at radius 1 is 0.450 bits per heavy atom. The van der Waals surface area contributed by atoms with Crippen LogP contribution >= 0.6 is 0 Å². The van der Waals surface area contributed by atoms with Crippen LogP contribution in [0.4, 0.5) is 5.69 Å². The zero-order valence-corrected chi connectivity index (χ0v) is 20.7. The lowest BCUT2D eigenvalue weighted by molar-refractivity contribution is 0.0840. The van der Waals surface area contributed by atoms with E-state index in [1.807, 2.05) is 60.7 Å². The predicted octanol–water partition coefficient (Wildman–Crippen LogP) is 6.57. The summed E-state index contributed by atoms with van der Waals surface area (Å²) in [6, 6.07) is 28.1. The van der Waals surface area contributed by atoms with Crippen molar-refractivity contribution in [3.8, 4) is 0 Å². The Hall–Kier alpha value is -5.62. The van der Waals surface area contributed by atoms with Crippen LogP contribution in [-0.4, -0.2) is 23.6 Å². The summed E-state index contributed by atoms with van der Waals surface area (Å²) in [4.78, 5) is 54.5. The molecule has 6 heteroatoms. The first-order valence-corrected chi connectivity index (χ1v) is 12.9. The zero-order chi connectivity index (χ0) is 26.9. The van der Waals surface area contributed by atoms with Crippen molar-refractivity contribution in [1.82, 2.24) is 5.32 Å². The van der Waals surface area contributed by atoms with Gasteiger partial charge in [-0.15, -0.1) is 0 Å². The van der Waals surface area contributed by atoms with Gasteiger partial charge in [0, 0.05) is 33.0 Å². The summed E-state index contributed by atoms with van der Waals surface area (Å²) in [6.45, 7) is 0. The molecule has 1 N–H and O–H groups in total. The van der Waals surface area contributed by atoms with Crippen LogP contribution in [0.25, 0.3) is 53.9 Å². The summed E-state index contributed by atoms with van der Waals surface area (Å²) in [5, 5.41) is 10.8. The van der Waals surface area contributed by atoms with E-state index in [2.05, 4.69) is 5.32 Å². The molecule has 2 heterocycles. The van der Waals surface area contributed by atoms with E-state index < -0.39 is 11.8 Å². The highest BCUT2D eigenvalue weighted by molar-refractivity contribution is 6.43. The molecule has 2 aliphatic rings. The minimum Gasteiger partial charge on any atom is -0.288 e. The van der Waals surface area contributed by atoms with E-state index in [0.717, 1.165) is 43.1 Å². The van der Waals surface area contributed by atoms with Gasteiger partial charge in [-0.05, 0) is 79.5 Å². The van der Waals surface area contributed by atoms with E-state index in [1.165, 1.54) is 4.90 Å². The standard InChI is InChI=1S/C34H16N2O4/c37-31-23-11-7-19-21-9-13-25-30-26(34(40)36(33(25)39)18-6-5-16-3-1-2-4-17(16)15-18)14-10-22(28(21)30)20-8-12-24(32(38)35-31)29(23)27(19)20/h1-15H,(H,35,37,38). The van der Waals surface area contributed by atoms with Crippen LogP contribution in [0.15, 0.2) is 91.0 Å². The Kier molecular flexibility index (Phi) is 3.77. The normalized spacial score (nSPS) is 14.8. The van der Waals surface area contributed by atoms with Crippen LogP contribution in [0.2, 0.25) is 0 Å². The molecule has 40 heavy (non-hydrogen) atoms. The smallest absolute Gasteiger partial charge is 0.265 e. The lowest BCUT2D eigenvalue weighted by atomic mass is 9.82. The van der Waals surface area contributed by atoms with Gasteiger partial charge in [-0.3, -0.25) is 24.5 Å². The molecule has 0 spiro atoms. The average molecular weight is 517 g/mol. The first-order valence-electron chi connectivity index (χ1n) is 12.9. The van der Waals surface area contributed by atoms with Gasteiger partial charge in [0.1, 0.15) is 0 Å². The number of nitrogens with one attached hydrogen (secondary N) is 1. The van der Waals surface area contributed by atoms with E-state index in [9.17, 15) is 19.2 Å². The molecule has 7 aromatic rings. The minimum atomic E-state index is -0.415. The molecule has 6 nitrogen and oxygen atoms in total. The summed E-state index contributed by atoms with van der Waals surface area (Å²) in [6.07, 6.45) is 0. The van der Waals surface area contributed by atoms with Gasteiger partial charge in [0.05, 0.1) is 5.69 Å². The van der Waals surface area contributed by atoms with E-state index in [-0.39, 0.29) is 11.8 Å². The largest absolute Gasteiger partial charge is 0.288 e. The molecule has 0 unspecified atom stereocenters. The minimum absolute atomic E-state index is 0.366. The summed E-state index contributed by atoms with van der Waals surface area (Å²) in [5.41, 5.74) is 2.38. The topological polar surface area (TPSA) is 83.6 Å². The van der Waals surface area contributed by atoms with Crippen LogP contribution in [0, 0.1) is 0 Å². The fourth-order valence-corrected chi connectivity index (χ4v) is 6.74. The molecule has 0 aliphatic carbocycles. The number of rotatable bonds is 1. The zero-order valence-electron chi connectivity index (χ0n) is 20.7. The number of nitrogens with zero attached hydrogens (tertiary/aromatic N) is 1.